The van der Waals surface area contributed by atoms with Gasteiger partial charge >= 0.3 is 0 Å². The average molecular weight is 251 g/mol. The number of phenolic OH excluding ortho intramolecular Hbond substituents is 1. The van der Waals surface area contributed by atoms with E-state index in [9.17, 15) is 10.2 Å². The van der Waals surface area contributed by atoms with Gasteiger partial charge in [-0.05, 0) is 44.6 Å². The van der Waals surface area contributed by atoms with Crippen LogP contribution in [0.15, 0.2) is 24.3 Å². The monoisotopic (exact) mass is 251 g/mol. The Morgan fingerprint density at radius 2 is 1.61 bits per heavy atom. The van der Waals surface area contributed by atoms with Crippen molar-refractivity contribution < 1.29 is 10.2 Å². The van der Waals surface area contributed by atoms with Crippen LogP contribution in [0.1, 0.15) is 38.2 Å². The Kier molecular flexibility index (Phi) is 5.17. The molecule has 0 saturated heterocycles. The molecule has 1 rings (SSSR count). The number of benzene rings is 1. The van der Waals surface area contributed by atoms with E-state index in [-0.39, 0.29) is 11.7 Å². The molecule has 0 aromatic heterocycles. The number of nitrogens with zero attached hydrogens (tertiary/aromatic N) is 1. The molecule has 1 unspecified atom stereocenters. The maximum absolute atomic E-state index is 10.8. The molecule has 0 saturated carbocycles. The standard InChI is InChI=1S/C15H25NO2/c1-5-15(18,6-2)14(11-16(3)4)12-7-9-13(17)10-8-12/h7-10,14,17-18H,5-6,11H2,1-4H3. The zero-order valence-corrected chi connectivity index (χ0v) is 11.8. The van der Waals surface area contributed by atoms with E-state index in [0.29, 0.717) is 0 Å². The summed E-state index contributed by atoms with van der Waals surface area (Å²) in [6, 6.07) is 7.17. The van der Waals surface area contributed by atoms with E-state index in [4.69, 9.17) is 0 Å². The highest BCUT2D eigenvalue weighted by Gasteiger charge is 2.34. The Morgan fingerprint density at radius 3 is 2.00 bits per heavy atom. The second-order valence-electron chi connectivity index (χ2n) is 5.22. The summed E-state index contributed by atoms with van der Waals surface area (Å²) in [6.45, 7) is 4.84. The van der Waals surface area contributed by atoms with Crippen LogP contribution in [-0.4, -0.2) is 41.4 Å². The predicted molar refractivity (Wildman–Crippen MR) is 74.9 cm³/mol. The lowest BCUT2D eigenvalue weighted by Gasteiger charge is -2.37. The third-order valence-corrected chi connectivity index (χ3v) is 3.72. The molecule has 2 N–H and O–H groups in total. The molecule has 0 radical (unpaired) electrons. The minimum Gasteiger partial charge on any atom is -0.508 e. The summed E-state index contributed by atoms with van der Waals surface area (Å²) in [6.07, 6.45) is 1.45. The average Bonchev–Trinajstić information content (AvgIpc) is 2.36. The number of hydrogen-bond acceptors (Lipinski definition) is 3. The molecule has 3 nitrogen and oxygen atoms in total. The van der Waals surface area contributed by atoms with E-state index in [1.807, 2.05) is 40.1 Å². The van der Waals surface area contributed by atoms with E-state index in [2.05, 4.69) is 4.90 Å². The van der Waals surface area contributed by atoms with Crippen LogP contribution in [-0.2, 0) is 0 Å². The fraction of sp³-hybridized carbons (Fsp3) is 0.600. The lowest BCUT2D eigenvalue weighted by Crippen LogP contribution is -2.40. The van der Waals surface area contributed by atoms with Crippen LogP contribution in [0.5, 0.6) is 5.75 Å². The highest BCUT2D eigenvalue weighted by molar-refractivity contribution is 5.30. The topological polar surface area (TPSA) is 43.7 Å². The van der Waals surface area contributed by atoms with Gasteiger partial charge in [-0.1, -0.05) is 26.0 Å². The van der Waals surface area contributed by atoms with Crippen molar-refractivity contribution in [3.05, 3.63) is 29.8 Å². The number of phenols is 1. The summed E-state index contributed by atoms with van der Waals surface area (Å²) in [5.41, 5.74) is 0.383. The van der Waals surface area contributed by atoms with Crippen LogP contribution in [0.25, 0.3) is 0 Å². The van der Waals surface area contributed by atoms with E-state index in [0.717, 1.165) is 24.9 Å². The van der Waals surface area contributed by atoms with Gasteiger partial charge in [0.15, 0.2) is 0 Å². The zero-order valence-electron chi connectivity index (χ0n) is 11.8. The van der Waals surface area contributed by atoms with E-state index in [1.165, 1.54) is 0 Å². The second-order valence-corrected chi connectivity index (χ2v) is 5.22. The van der Waals surface area contributed by atoms with Gasteiger partial charge in [0.1, 0.15) is 5.75 Å². The first kappa shape index (κ1) is 15.0. The lowest BCUT2D eigenvalue weighted by atomic mass is 9.78. The van der Waals surface area contributed by atoms with Crippen LogP contribution >= 0.6 is 0 Å². The summed E-state index contributed by atoms with van der Waals surface area (Å²) >= 11 is 0. The Labute approximate surface area is 110 Å². The van der Waals surface area contributed by atoms with Crippen LogP contribution in [0.3, 0.4) is 0 Å². The van der Waals surface area contributed by atoms with Gasteiger partial charge in [-0.15, -0.1) is 0 Å². The molecule has 1 aromatic carbocycles. The molecule has 0 amide bonds. The van der Waals surface area contributed by atoms with Gasteiger partial charge in [-0.25, -0.2) is 0 Å². The van der Waals surface area contributed by atoms with Crippen molar-refractivity contribution in [3.63, 3.8) is 0 Å². The SMILES string of the molecule is CCC(O)(CC)C(CN(C)C)c1ccc(O)cc1. The molecule has 102 valence electrons. The maximum atomic E-state index is 10.8. The molecule has 0 heterocycles. The molecule has 0 aliphatic heterocycles. The molecule has 1 atom stereocenters. The lowest BCUT2D eigenvalue weighted by molar-refractivity contribution is -0.00324. The van der Waals surface area contributed by atoms with Crippen molar-refractivity contribution in [2.24, 2.45) is 0 Å². The fourth-order valence-corrected chi connectivity index (χ4v) is 2.40. The summed E-state index contributed by atoms with van der Waals surface area (Å²) in [4.78, 5) is 2.09. The van der Waals surface area contributed by atoms with Gasteiger partial charge in [-0.2, -0.15) is 0 Å². The van der Waals surface area contributed by atoms with Crippen molar-refractivity contribution in [1.29, 1.82) is 0 Å². The Morgan fingerprint density at radius 1 is 1.11 bits per heavy atom. The Bertz CT molecular complexity index is 355. The van der Waals surface area contributed by atoms with Gasteiger partial charge < -0.3 is 15.1 Å². The van der Waals surface area contributed by atoms with Gasteiger partial charge in [0.05, 0.1) is 5.60 Å². The van der Waals surface area contributed by atoms with Crippen molar-refractivity contribution in [3.8, 4) is 5.75 Å². The molecule has 18 heavy (non-hydrogen) atoms. The Hall–Kier alpha value is -1.06. The summed E-state index contributed by atoms with van der Waals surface area (Å²) < 4.78 is 0. The maximum Gasteiger partial charge on any atom is 0.115 e. The number of hydrogen-bond donors (Lipinski definition) is 2. The van der Waals surface area contributed by atoms with Crippen molar-refractivity contribution in [2.45, 2.75) is 38.2 Å². The van der Waals surface area contributed by atoms with E-state index in [1.54, 1.807) is 12.1 Å². The first-order chi connectivity index (χ1) is 8.42. The summed E-state index contributed by atoms with van der Waals surface area (Å²) in [5.74, 6) is 0.321. The third kappa shape index (κ3) is 3.47. The predicted octanol–water partition coefficient (Wildman–Crippen LogP) is 2.59. The van der Waals surface area contributed by atoms with Crippen LogP contribution in [0.2, 0.25) is 0 Å². The van der Waals surface area contributed by atoms with Gasteiger partial charge in [0, 0.05) is 12.5 Å². The molecule has 0 aliphatic rings. The second kappa shape index (κ2) is 6.21. The number of aliphatic hydroxyl groups is 1. The molecular weight excluding hydrogens is 226 g/mol. The smallest absolute Gasteiger partial charge is 0.115 e. The molecular formula is C15H25NO2. The number of likely N-dealkylation sites (N-methyl/N-ethyl adjacent to an activating group) is 1. The first-order valence-corrected chi connectivity index (χ1v) is 6.59. The Balaban J connectivity index is 3.08. The molecule has 3 heteroatoms. The number of rotatable bonds is 6. The van der Waals surface area contributed by atoms with Crippen LogP contribution < -0.4 is 0 Å². The van der Waals surface area contributed by atoms with E-state index < -0.39 is 5.60 Å². The minimum absolute atomic E-state index is 0.0584. The van der Waals surface area contributed by atoms with Gasteiger partial charge in [0.2, 0.25) is 0 Å². The van der Waals surface area contributed by atoms with Gasteiger partial charge in [-0.3, -0.25) is 0 Å². The first-order valence-electron chi connectivity index (χ1n) is 6.59. The quantitative estimate of drug-likeness (QED) is 0.816. The van der Waals surface area contributed by atoms with Crippen LogP contribution in [0.4, 0.5) is 0 Å². The third-order valence-electron chi connectivity index (χ3n) is 3.72. The normalized spacial score (nSPS) is 13.9. The zero-order chi connectivity index (χ0) is 13.8. The van der Waals surface area contributed by atoms with Crippen molar-refractivity contribution in [2.75, 3.05) is 20.6 Å². The minimum atomic E-state index is -0.693. The molecule has 1 aromatic rings. The van der Waals surface area contributed by atoms with E-state index >= 15 is 0 Å². The number of aromatic hydroxyl groups is 1. The fourth-order valence-electron chi connectivity index (χ4n) is 2.40. The van der Waals surface area contributed by atoms with Crippen molar-refractivity contribution in [1.82, 2.24) is 4.90 Å². The van der Waals surface area contributed by atoms with Crippen molar-refractivity contribution >= 4 is 0 Å². The highest BCUT2D eigenvalue weighted by atomic mass is 16.3. The summed E-state index contributed by atoms with van der Waals surface area (Å²) in [5, 5.41) is 20.1. The molecule has 0 aliphatic carbocycles. The van der Waals surface area contributed by atoms with Gasteiger partial charge in [0.25, 0.3) is 0 Å². The molecule has 0 bridgehead atoms. The largest absolute Gasteiger partial charge is 0.508 e. The molecule has 0 fully saturated rings. The molecule has 0 spiro atoms. The highest BCUT2D eigenvalue weighted by Crippen LogP contribution is 2.34. The van der Waals surface area contributed by atoms with Crippen LogP contribution in [0, 0.1) is 0 Å². The summed E-state index contributed by atoms with van der Waals surface area (Å²) in [7, 11) is 4.03.